The number of benzene rings is 4. The van der Waals surface area contributed by atoms with Gasteiger partial charge in [0.05, 0.1) is 12.7 Å². The number of azide groups is 1. The Morgan fingerprint density at radius 2 is 1.10 bits per heavy atom. The van der Waals surface area contributed by atoms with Gasteiger partial charge < -0.3 is 28.7 Å². The van der Waals surface area contributed by atoms with Gasteiger partial charge >= 0.3 is 17.9 Å². The van der Waals surface area contributed by atoms with E-state index in [0.717, 1.165) is 19.8 Å². The molecule has 0 bridgehead atoms. The number of carbonyl (C=O) groups is 3. The number of likely N-dealkylation sites (tertiary alicyclic amines) is 1. The molecule has 418 valence electrons. The molecule has 73 heavy (non-hydrogen) atoms. The van der Waals surface area contributed by atoms with E-state index >= 15 is 0 Å². The maximum atomic E-state index is 10.3. The minimum absolute atomic E-state index is 0. The summed E-state index contributed by atoms with van der Waals surface area (Å²) in [6, 6.07) is 26.4. The van der Waals surface area contributed by atoms with Crippen LogP contribution in [0.1, 0.15) is 151 Å². The number of fused-ring (bicyclic) bond motifs is 5. The van der Waals surface area contributed by atoms with Gasteiger partial charge in [0, 0.05) is 60.4 Å². The van der Waals surface area contributed by atoms with E-state index in [1.807, 2.05) is 55.4 Å². The van der Waals surface area contributed by atoms with Crippen LogP contribution >= 0.6 is 0 Å². The summed E-state index contributed by atoms with van der Waals surface area (Å²) in [6.07, 6.45) is 13.9. The molecule has 0 saturated carbocycles. The van der Waals surface area contributed by atoms with Crippen molar-refractivity contribution in [2.45, 2.75) is 156 Å². The van der Waals surface area contributed by atoms with E-state index in [9.17, 15) is 14.4 Å². The highest BCUT2D eigenvalue weighted by molar-refractivity contribution is 6.08. The van der Waals surface area contributed by atoms with Crippen molar-refractivity contribution in [3.8, 4) is 0 Å². The topological polar surface area (TPSA) is 146 Å². The number of ether oxygens (including phenoxy) is 4. The van der Waals surface area contributed by atoms with Gasteiger partial charge in [-0.05, 0) is 135 Å². The summed E-state index contributed by atoms with van der Waals surface area (Å²) in [5.74, 6) is -1.32. The average Bonchev–Trinajstić information content (AvgIpc) is 4.28. The molecular formula is C61H107N5O7. The van der Waals surface area contributed by atoms with Crippen LogP contribution in [0.15, 0.2) is 102 Å². The molecule has 0 amide bonds. The second-order valence-corrected chi connectivity index (χ2v) is 15.5. The minimum Gasteiger partial charge on any atom is -0.458 e. The molecule has 0 N–H and O–H groups in total. The van der Waals surface area contributed by atoms with Crippen LogP contribution in [-0.2, 0) is 59.0 Å². The predicted octanol–water partition coefficient (Wildman–Crippen LogP) is 15.9. The van der Waals surface area contributed by atoms with Crippen molar-refractivity contribution in [3.05, 3.63) is 129 Å². The van der Waals surface area contributed by atoms with E-state index in [2.05, 4.69) is 137 Å². The molecular weight excluding hydrogens is 915 g/mol. The number of esters is 3. The summed E-state index contributed by atoms with van der Waals surface area (Å²) in [5.41, 5.74) is 13.9. The first-order chi connectivity index (χ1) is 35.0. The molecule has 0 radical (unpaired) electrons. The third kappa shape index (κ3) is 36.3. The Bertz CT molecular complexity index is 2070. The van der Waals surface area contributed by atoms with E-state index in [1.165, 1.54) is 119 Å². The Morgan fingerprint density at radius 1 is 0.699 bits per heavy atom. The smallest absolute Gasteiger partial charge is 0.341 e. The number of rotatable bonds is 0. The standard InChI is InChI=1S/2C12H10.C5H4O3.C4H9N.C4H4O2.C3H7N.2C3H6O.C3H8.4C2H6.CH3N3.3CH4.2H2/c1-2-4-10-8-12-6-5-11(12)7-9(10)3-1;1-2-4-11-9(3-1)5-6-10-7-8-12(10)11;1-3-2-4(6)8-5(3)7;1-5-3-2-4-5;5-4-2-1-3-6-4;1-4-2-3-4;1-3-2-4-3;1-2-4-3-1;1-3-2;4*1-2;1-3-4-2;;;;;/h1-4,7-8H,5-6H2;1-6H,7-8H2;2H,1H3;2-4H2,1H3;1-2H,3H2;2-3H2,1H3;3H,2H2,1H3;1-3H2;3H2,1-2H3;4*1-2H3;1H3;3*1H4;2*1H/i;;;;;;;;;;;;;;;;;1+2T;1+2. The number of epoxide rings is 1. The summed E-state index contributed by atoms with van der Waals surface area (Å²) < 4.78 is 27.9. The number of likely N-dealkylation sites (N-methyl/N-ethyl adjacent to an activating group) is 1. The third-order valence-corrected chi connectivity index (χ3v) is 9.86. The molecule has 2 aliphatic carbocycles. The molecule has 4 aromatic rings. The maximum absolute atomic E-state index is 10.3. The highest BCUT2D eigenvalue weighted by Gasteiger charge is 2.19. The van der Waals surface area contributed by atoms with Crippen molar-refractivity contribution in [3.63, 3.8) is 0 Å². The van der Waals surface area contributed by atoms with Crippen molar-refractivity contribution in [2.24, 2.45) is 5.11 Å². The van der Waals surface area contributed by atoms with Gasteiger partial charge in [-0.3, -0.25) is 0 Å². The van der Waals surface area contributed by atoms with Crippen molar-refractivity contribution in [2.75, 3.05) is 73.7 Å². The van der Waals surface area contributed by atoms with E-state index in [0.29, 0.717) is 18.3 Å². The molecule has 1 atom stereocenters. The molecule has 12 heteroatoms. The van der Waals surface area contributed by atoms with E-state index in [1.54, 1.807) is 28.3 Å². The summed E-state index contributed by atoms with van der Waals surface area (Å²) in [6.45, 7) is 32.6. The lowest BCUT2D eigenvalue weighted by Gasteiger charge is -2.24. The van der Waals surface area contributed by atoms with Crippen LogP contribution in [0.25, 0.3) is 32.0 Å². The first-order valence-electron chi connectivity index (χ1n) is 26.8. The Balaban J connectivity index is -0.000000140. The first kappa shape index (κ1) is 74.2. The van der Waals surface area contributed by atoms with Crippen LogP contribution in [0, 0.1) is 0 Å². The lowest BCUT2D eigenvalue weighted by molar-refractivity contribution is -0.150. The SMILES string of the molecule is C.C.C.C1COC1.CC.CC.CC.CC.CC1=CC(=O)OC1=O.CC1CO1.CCC.CN1CC1.CN1CCC1.CN=[N+]=[N-].O=C1C=CCO1.[3HH].[3H][3H].c1ccc2c3c(ccc2c1)CC3.c1ccc2cc3c(cc2c1)CC3. The minimum atomic E-state index is -0.562. The molecule has 4 fully saturated rings. The molecule has 12 rings (SSSR count). The van der Waals surface area contributed by atoms with Crippen molar-refractivity contribution >= 4 is 39.5 Å². The molecule has 1 unspecified atom stereocenters. The lowest BCUT2D eigenvalue weighted by Crippen LogP contribution is -2.32. The fraction of sp³-hybridized carbons (Fsp3) is 0.557. The average molecular weight is 1030 g/mol. The van der Waals surface area contributed by atoms with Gasteiger partial charge in [-0.15, -0.1) is 0 Å². The van der Waals surface area contributed by atoms with Gasteiger partial charge in [-0.25, -0.2) is 14.4 Å². The van der Waals surface area contributed by atoms with Crippen LogP contribution in [0.5, 0.6) is 0 Å². The van der Waals surface area contributed by atoms with Crippen molar-refractivity contribution in [1.29, 1.82) is 0 Å². The predicted molar refractivity (Wildman–Crippen MR) is 319 cm³/mol. The first-order valence-corrected chi connectivity index (χ1v) is 25.8. The summed E-state index contributed by atoms with van der Waals surface area (Å²) in [4.78, 5) is 37.3. The highest BCUT2D eigenvalue weighted by Crippen LogP contribution is 2.30. The Hall–Kier alpha value is -5.36. The van der Waals surface area contributed by atoms with Crippen LogP contribution < -0.4 is 0 Å². The molecule has 4 saturated heterocycles. The summed E-state index contributed by atoms with van der Waals surface area (Å²) in [7, 11) is 5.64. The second kappa shape index (κ2) is 50.2. The fourth-order valence-corrected chi connectivity index (χ4v) is 5.46. The van der Waals surface area contributed by atoms with E-state index < -0.39 is 11.9 Å². The van der Waals surface area contributed by atoms with Gasteiger partial charge in [-0.2, -0.15) is 0 Å². The highest BCUT2D eigenvalue weighted by atomic mass is 16.6. The van der Waals surface area contributed by atoms with Crippen molar-refractivity contribution in [1.82, 2.24) is 9.80 Å². The summed E-state index contributed by atoms with van der Waals surface area (Å²) in [5, 5.41) is 8.53. The van der Waals surface area contributed by atoms with Crippen LogP contribution in [0.3, 0.4) is 0 Å². The zero-order valence-corrected chi connectivity index (χ0v) is 45.9. The number of cyclic esters (lactones) is 3. The number of nitrogens with zero attached hydrogens (tertiary/aromatic N) is 5. The molecule has 8 aliphatic rings. The summed E-state index contributed by atoms with van der Waals surface area (Å²) >= 11 is 0. The van der Waals surface area contributed by atoms with Gasteiger partial charge in [0.1, 0.15) is 6.61 Å². The van der Waals surface area contributed by atoms with Gasteiger partial charge in [0.25, 0.3) is 0 Å². The largest absolute Gasteiger partial charge is 0.458 e. The zero-order chi connectivity index (χ0) is 55.1. The van der Waals surface area contributed by atoms with Gasteiger partial charge in [0.2, 0.25) is 0 Å². The number of hydrogen-bond donors (Lipinski definition) is 0. The lowest BCUT2D eigenvalue weighted by atomic mass is 9.84. The zero-order valence-electron chi connectivity index (χ0n) is 47.9. The Morgan fingerprint density at radius 3 is 1.32 bits per heavy atom. The monoisotopic (exact) mass is 1030 g/mol. The number of aryl methyl sites for hydroxylation is 4. The normalized spacial score (nSPS) is 15.7. The Labute approximate surface area is 450 Å². The molecule has 6 heterocycles. The van der Waals surface area contributed by atoms with Crippen LogP contribution in [-0.4, -0.2) is 108 Å². The van der Waals surface area contributed by atoms with Crippen molar-refractivity contribution < 1.29 is 37.7 Å². The number of carbonyl (C=O) groups excluding carboxylic acids is 3. The fourth-order valence-electron chi connectivity index (χ4n) is 5.46. The second-order valence-electron chi connectivity index (χ2n) is 15.5. The quantitative estimate of drug-likeness (QED) is 0.0419. The van der Waals surface area contributed by atoms with E-state index in [4.69, 9.17) is 18.0 Å². The van der Waals surface area contributed by atoms with Gasteiger partial charge in [0.15, 0.2) is 0 Å². The third-order valence-electron chi connectivity index (χ3n) is 9.86. The molecule has 0 aromatic heterocycles. The maximum Gasteiger partial charge on any atom is 0.341 e. The molecule has 6 aliphatic heterocycles. The molecule has 4 aromatic carbocycles. The Kier molecular flexibility index (Phi) is 51.0. The molecule has 0 spiro atoms. The van der Waals surface area contributed by atoms with Crippen LogP contribution in [0.2, 0.25) is 0 Å². The van der Waals surface area contributed by atoms with E-state index in [-0.39, 0.29) is 29.7 Å². The van der Waals surface area contributed by atoms with Gasteiger partial charge in [-0.1, -0.05) is 176 Å². The van der Waals surface area contributed by atoms with Crippen LogP contribution in [0.4, 0.5) is 0 Å². The number of hydrogen-bond acceptors (Lipinski definition) is 10. The molecule has 12 nitrogen and oxygen atoms in total.